The molecule has 3 heteroatoms. The number of para-hydroxylation sites is 1. The van der Waals surface area contributed by atoms with E-state index in [1.807, 2.05) is 0 Å². The molecule has 12 heavy (non-hydrogen) atoms. The van der Waals surface area contributed by atoms with Gasteiger partial charge in [0.15, 0.2) is 6.10 Å². The molecular weight excluding hydrogens is 176 g/mol. The van der Waals surface area contributed by atoms with Gasteiger partial charge in [0.1, 0.15) is 5.75 Å². The highest BCUT2D eigenvalue weighted by Crippen LogP contribution is 2.11. The molecule has 0 spiro atoms. The molecule has 0 bridgehead atoms. The number of carbonyl (C=O) groups is 1. The van der Waals surface area contributed by atoms with Gasteiger partial charge in [-0.05, 0) is 30.6 Å². The first kappa shape index (κ1) is 4.28. The molecule has 0 aliphatic carbocycles. The topological polar surface area (TPSA) is 26.3 Å². The van der Waals surface area contributed by atoms with E-state index in [1.165, 1.54) is 6.92 Å². The van der Waals surface area contributed by atoms with Gasteiger partial charge < -0.3 is 4.74 Å². The summed E-state index contributed by atoms with van der Waals surface area (Å²) in [7, 11) is 0. The minimum Gasteiger partial charge on any atom is -0.482 e. The van der Waals surface area contributed by atoms with Gasteiger partial charge in [-0.25, -0.2) is 0 Å². The number of hydrogen-bond donors (Lipinski definition) is 0. The molecule has 0 radical (unpaired) electrons. The number of rotatable bonds is 3. The SMILES string of the molecule is [2H]c1c([2H])c([2H])c(OC(C)C(=O)Cl)c([2H])c1[2H]. The zero-order valence-electron chi connectivity index (χ0n) is 11.3. The fourth-order valence-corrected chi connectivity index (χ4v) is 0.565. The summed E-state index contributed by atoms with van der Waals surface area (Å²) in [5, 5.41) is -0.809. The molecule has 64 valence electrons. The molecular formula is C9H9ClO2. The summed E-state index contributed by atoms with van der Waals surface area (Å²) in [5.41, 5.74) is 0. The van der Waals surface area contributed by atoms with Crippen molar-refractivity contribution in [3.8, 4) is 5.75 Å². The Hall–Kier alpha value is -1.02. The van der Waals surface area contributed by atoms with E-state index in [-0.39, 0.29) is 5.75 Å². The molecule has 1 aromatic carbocycles. The largest absolute Gasteiger partial charge is 0.482 e. The van der Waals surface area contributed by atoms with Crippen LogP contribution in [0.3, 0.4) is 0 Å². The second-order valence-corrected chi connectivity index (χ2v) is 2.39. The van der Waals surface area contributed by atoms with Gasteiger partial charge in [0.05, 0.1) is 6.85 Å². The molecule has 2 nitrogen and oxygen atoms in total. The molecule has 1 unspecified atom stereocenters. The second-order valence-electron chi connectivity index (χ2n) is 2.02. The highest BCUT2D eigenvalue weighted by Gasteiger charge is 2.10. The van der Waals surface area contributed by atoms with Gasteiger partial charge in [0, 0.05) is 0 Å². The number of benzene rings is 1. The van der Waals surface area contributed by atoms with E-state index < -0.39 is 41.6 Å². The molecule has 0 N–H and O–H groups in total. The van der Waals surface area contributed by atoms with Gasteiger partial charge in [0.2, 0.25) is 0 Å². The van der Waals surface area contributed by atoms with Crippen LogP contribution in [-0.2, 0) is 4.79 Å². The van der Waals surface area contributed by atoms with E-state index in [4.69, 9.17) is 23.2 Å². The lowest BCUT2D eigenvalue weighted by molar-refractivity contribution is -0.117. The van der Waals surface area contributed by atoms with Crippen LogP contribution in [-0.4, -0.2) is 11.3 Å². The highest BCUT2D eigenvalue weighted by atomic mass is 35.5. The van der Waals surface area contributed by atoms with Crippen molar-refractivity contribution in [2.75, 3.05) is 0 Å². The molecule has 1 aromatic rings. The first-order valence-electron chi connectivity index (χ1n) is 5.70. The highest BCUT2D eigenvalue weighted by molar-refractivity contribution is 6.64. The van der Waals surface area contributed by atoms with E-state index in [1.54, 1.807) is 0 Å². The Morgan fingerprint density at radius 2 is 2.17 bits per heavy atom. The maximum Gasteiger partial charge on any atom is 0.262 e. The zero-order valence-corrected chi connectivity index (χ0v) is 7.03. The van der Waals surface area contributed by atoms with Crippen LogP contribution in [0.2, 0.25) is 0 Å². The van der Waals surface area contributed by atoms with Crippen LogP contribution < -0.4 is 4.74 Å². The Labute approximate surface area is 83.1 Å². The predicted octanol–water partition coefficient (Wildman–Crippen LogP) is 2.22. The maximum absolute atomic E-state index is 10.8. The lowest BCUT2D eigenvalue weighted by atomic mass is 10.3. The van der Waals surface area contributed by atoms with Crippen LogP contribution in [0, 0.1) is 0 Å². The van der Waals surface area contributed by atoms with Crippen molar-refractivity contribution in [3.05, 3.63) is 30.2 Å². The van der Waals surface area contributed by atoms with Crippen molar-refractivity contribution in [3.63, 3.8) is 0 Å². The molecule has 1 atom stereocenters. The molecule has 0 fully saturated rings. The third-order valence-electron chi connectivity index (χ3n) is 1.09. The summed E-state index contributed by atoms with van der Waals surface area (Å²) in [4.78, 5) is 10.8. The predicted molar refractivity (Wildman–Crippen MR) is 47.4 cm³/mol. The summed E-state index contributed by atoms with van der Waals surface area (Å²) < 4.78 is 42.1. The van der Waals surface area contributed by atoms with Crippen molar-refractivity contribution >= 4 is 16.8 Å². The molecule has 0 amide bonds. The first-order valence-corrected chi connectivity index (χ1v) is 3.58. The summed E-state index contributed by atoms with van der Waals surface area (Å²) in [6.07, 6.45) is -1.08. The van der Waals surface area contributed by atoms with Gasteiger partial charge in [-0.15, -0.1) is 0 Å². The van der Waals surface area contributed by atoms with Crippen LogP contribution in [0.1, 0.15) is 13.8 Å². The van der Waals surface area contributed by atoms with Crippen molar-refractivity contribution in [1.29, 1.82) is 0 Å². The molecule has 0 heterocycles. The summed E-state index contributed by atoms with van der Waals surface area (Å²) in [6, 6.07) is -2.55. The fourth-order valence-electron chi connectivity index (χ4n) is 0.521. The summed E-state index contributed by atoms with van der Waals surface area (Å²) >= 11 is 5.18. The van der Waals surface area contributed by atoms with Gasteiger partial charge in [0.25, 0.3) is 5.24 Å². The Balaban J connectivity index is 3.30. The van der Waals surface area contributed by atoms with E-state index in [0.29, 0.717) is 0 Å². The monoisotopic (exact) mass is 189 g/mol. The second kappa shape index (κ2) is 4.12. The first-order chi connectivity index (χ1) is 7.77. The standard InChI is InChI=1S/C9H9ClO2/c1-7(9(10)11)12-8-5-3-2-4-6-8/h2-7H,1H3/i2D,3D,4D,5D,6D. The van der Waals surface area contributed by atoms with E-state index in [2.05, 4.69) is 0 Å². The number of halogens is 1. The summed E-state index contributed by atoms with van der Waals surface area (Å²) in [6.45, 7) is 1.33. The third kappa shape index (κ3) is 2.55. The van der Waals surface area contributed by atoms with Crippen LogP contribution in [0.25, 0.3) is 0 Å². The average molecular weight is 190 g/mol. The van der Waals surface area contributed by atoms with E-state index in [9.17, 15) is 4.79 Å². The number of carbonyl (C=O) groups excluding carboxylic acids is 1. The van der Waals surface area contributed by atoms with Crippen molar-refractivity contribution in [2.24, 2.45) is 0 Å². The van der Waals surface area contributed by atoms with Crippen molar-refractivity contribution in [1.82, 2.24) is 0 Å². The lowest BCUT2D eigenvalue weighted by Gasteiger charge is -2.09. The minimum atomic E-state index is -1.08. The van der Waals surface area contributed by atoms with Gasteiger partial charge in [-0.3, -0.25) is 4.79 Å². The normalized spacial score (nSPS) is 18.0. The summed E-state index contributed by atoms with van der Waals surface area (Å²) in [5.74, 6) is -0.377. The van der Waals surface area contributed by atoms with E-state index >= 15 is 0 Å². The van der Waals surface area contributed by atoms with E-state index in [0.717, 1.165) is 0 Å². The Kier molecular flexibility index (Phi) is 1.47. The van der Waals surface area contributed by atoms with Crippen LogP contribution in [0.5, 0.6) is 5.75 Å². The minimum absolute atomic E-state index is 0.377. The Morgan fingerprint density at radius 1 is 1.58 bits per heavy atom. The van der Waals surface area contributed by atoms with Crippen LogP contribution in [0.4, 0.5) is 0 Å². The van der Waals surface area contributed by atoms with Crippen molar-refractivity contribution < 1.29 is 16.4 Å². The van der Waals surface area contributed by atoms with Crippen molar-refractivity contribution in [2.45, 2.75) is 13.0 Å². The van der Waals surface area contributed by atoms with Gasteiger partial charge >= 0.3 is 0 Å². The molecule has 0 aromatic heterocycles. The molecule has 0 aliphatic rings. The van der Waals surface area contributed by atoms with Gasteiger partial charge in [-0.2, -0.15) is 0 Å². The number of hydrogen-bond acceptors (Lipinski definition) is 2. The maximum atomic E-state index is 10.8. The Morgan fingerprint density at radius 3 is 2.67 bits per heavy atom. The third-order valence-corrected chi connectivity index (χ3v) is 1.40. The molecule has 0 aliphatic heterocycles. The molecule has 0 saturated heterocycles. The molecule has 1 rings (SSSR count). The lowest BCUT2D eigenvalue weighted by Crippen LogP contribution is -2.18. The quantitative estimate of drug-likeness (QED) is 0.682. The number of ether oxygens (including phenoxy) is 1. The zero-order chi connectivity index (χ0) is 13.3. The Bertz CT molecular complexity index is 448. The average Bonchev–Trinajstić information content (AvgIpc) is 2.29. The van der Waals surface area contributed by atoms with Crippen LogP contribution >= 0.6 is 11.6 Å². The fraction of sp³-hybridized carbons (Fsp3) is 0.222. The van der Waals surface area contributed by atoms with Crippen LogP contribution in [0.15, 0.2) is 30.2 Å². The smallest absolute Gasteiger partial charge is 0.262 e. The van der Waals surface area contributed by atoms with Gasteiger partial charge in [-0.1, -0.05) is 18.1 Å². The molecule has 0 saturated carbocycles.